The summed E-state index contributed by atoms with van der Waals surface area (Å²) in [5, 5.41) is 10.8. The minimum absolute atomic E-state index is 0.237. The number of benzene rings is 1. The van der Waals surface area contributed by atoms with E-state index in [9.17, 15) is 14.7 Å². The fourth-order valence-corrected chi connectivity index (χ4v) is 6.20. The summed E-state index contributed by atoms with van der Waals surface area (Å²) in [6, 6.07) is 10.6. The minimum atomic E-state index is -0.711. The number of hydrogen-bond donors (Lipinski definition) is 2. The third-order valence-corrected chi connectivity index (χ3v) is 8.85. The van der Waals surface area contributed by atoms with Crippen LogP contribution < -0.4 is 10.9 Å². The van der Waals surface area contributed by atoms with E-state index in [2.05, 4.69) is 14.9 Å². The molecule has 1 aliphatic carbocycles. The molecule has 1 atom stereocenters. The number of pyridine rings is 1. The molecule has 2 fully saturated rings. The summed E-state index contributed by atoms with van der Waals surface area (Å²) in [6.07, 6.45) is 9.61. The predicted octanol–water partition coefficient (Wildman–Crippen LogP) is 4.37. The number of carbonyl (C=O) groups excluding carboxylic acids is 1. The van der Waals surface area contributed by atoms with Crippen LogP contribution in [0.25, 0.3) is 16.8 Å². The molecule has 0 unspecified atom stereocenters. The van der Waals surface area contributed by atoms with Crippen molar-refractivity contribution >= 4 is 34.8 Å². The van der Waals surface area contributed by atoms with Gasteiger partial charge in [-0.15, -0.1) is 0 Å². The van der Waals surface area contributed by atoms with Crippen LogP contribution in [0.1, 0.15) is 54.9 Å². The molecular weight excluding hydrogens is 558 g/mol. The summed E-state index contributed by atoms with van der Waals surface area (Å²) in [5.41, 5.74) is 1.78. The predicted molar refractivity (Wildman–Crippen MR) is 157 cm³/mol. The number of carbonyl (C=O) groups is 2. The van der Waals surface area contributed by atoms with Gasteiger partial charge in [0.05, 0.1) is 40.0 Å². The lowest BCUT2D eigenvalue weighted by molar-refractivity contribution is -0.151. The number of nitrogens with zero attached hydrogens (tertiary/aromatic N) is 6. The first kappa shape index (κ1) is 28.2. The lowest BCUT2D eigenvalue weighted by atomic mass is 9.73. The second kappa shape index (κ2) is 11.4. The Morgan fingerprint density at radius 2 is 2.00 bits per heavy atom. The Morgan fingerprint density at radius 1 is 1.19 bits per heavy atom. The standard InChI is InChI=1S/C30H32ClN7O4/c1-30(29(40)41)9-7-20(8-10-30)36-14-15-42-24(18-36)27-35-26(23-17-33-12-13-37(23)27)19-5-6-21(22(31)16-19)28(39)38(32)25-4-2-3-11-34-25/h2-6,11-13,16-17,20,24H,7-10,14-15,18,32H2,1H3,(H,40,41)/t20?,24-,30?/m1/s1. The molecule has 218 valence electrons. The Morgan fingerprint density at radius 3 is 2.71 bits per heavy atom. The minimum Gasteiger partial charge on any atom is -0.481 e. The Bertz CT molecular complexity index is 1620. The van der Waals surface area contributed by atoms with Gasteiger partial charge in [-0.1, -0.05) is 23.7 Å². The van der Waals surface area contributed by atoms with Crippen molar-refractivity contribution in [3.63, 3.8) is 0 Å². The lowest BCUT2D eigenvalue weighted by Crippen LogP contribution is -2.48. The molecule has 1 aliphatic heterocycles. The summed E-state index contributed by atoms with van der Waals surface area (Å²) >= 11 is 6.62. The maximum atomic E-state index is 13.1. The molecule has 11 nitrogen and oxygen atoms in total. The average Bonchev–Trinajstić information content (AvgIpc) is 3.41. The molecule has 3 aromatic heterocycles. The van der Waals surface area contributed by atoms with Gasteiger partial charge in [0.25, 0.3) is 5.91 Å². The largest absolute Gasteiger partial charge is 0.481 e. The number of hydrazine groups is 1. The molecule has 4 aromatic rings. The van der Waals surface area contributed by atoms with Crippen LogP contribution >= 0.6 is 11.6 Å². The van der Waals surface area contributed by atoms with Gasteiger partial charge in [0.2, 0.25) is 0 Å². The van der Waals surface area contributed by atoms with E-state index in [0.29, 0.717) is 43.5 Å². The average molecular weight is 590 g/mol. The van der Waals surface area contributed by atoms with Crippen molar-refractivity contribution in [2.24, 2.45) is 11.3 Å². The Kier molecular flexibility index (Phi) is 7.67. The monoisotopic (exact) mass is 589 g/mol. The molecule has 0 spiro atoms. The van der Waals surface area contributed by atoms with Crippen LogP contribution in [0, 0.1) is 5.41 Å². The highest BCUT2D eigenvalue weighted by Gasteiger charge is 2.40. The number of aliphatic carboxylic acids is 1. The number of carboxylic acid groups (broad SMARTS) is 1. The summed E-state index contributed by atoms with van der Waals surface area (Å²) in [6.45, 7) is 3.86. The topological polar surface area (TPSA) is 139 Å². The zero-order valence-electron chi connectivity index (χ0n) is 23.2. The van der Waals surface area contributed by atoms with Crippen LogP contribution in [-0.4, -0.2) is 67.0 Å². The van der Waals surface area contributed by atoms with Crippen LogP contribution in [0.5, 0.6) is 0 Å². The van der Waals surface area contributed by atoms with Gasteiger partial charge in [0.1, 0.15) is 17.7 Å². The van der Waals surface area contributed by atoms with Gasteiger partial charge < -0.3 is 9.84 Å². The van der Waals surface area contributed by atoms with Gasteiger partial charge >= 0.3 is 5.97 Å². The maximum Gasteiger partial charge on any atom is 0.309 e. The number of hydrogen-bond acceptors (Lipinski definition) is 8. The first-order valence-corrected chi connectivity index (χ1v) is 14.3. The molecule has 2 aliphatic rings. The molecule has 1 saturated heterocycles. The number of ether oxygens (including phenoxy) is 1. The number of anilines is 1. The zero-order valence-corrected chi connectivity index (χ0v) is 23.9. The number of carboxylic acids is 1. The van der Waals surface area contributed by atoms with Gasteiger partial charge in [-0.3, -0.25) is 23.9 Å². The van der Waals surface area contributed by atoms with Crippen molar-refractivity contribution < 1.29 is 19.4 Å². The van der Waals surface area contributed by atoms with E-state index in [1.807, 2.05) is 17.5 Å². The smallest absolute Gasteiger partial charge is 0.309 e. The first-order valence-electron chi connectivity index (χ1n) is 14.0. The molecule has 0 radical (unpaired) electrons. The van der Waals surface area contributed by atoms with Crippen molar-refractivity contribution in [1.29, 1.82) is 0 Å². The van der Waals surface area contributed by atoms with Crippen LogP contribution in [-0.2, 0) is 9.53 Å². The highest BCUT2D eigenvalue weighted by molar-refractivity contribution is 6.34. The second-order valence-electron chi connectivity index (χ2n) is 11.2. The van der Waals surface area contributed by atoms with Crippen molar-refractivity contribution in [1.82, 2.24) is 24.3 Å². The van der Waals surface area contributed by atoms with Gasteiger partial charge in [0, 0.05) is 43.3 Å². The molecule has 42 heavy (non-hydrogen) atoms. The second-order valence-corrected chi connectivity index (χ2v) is 11.6. The van der Waals surface area contributed by atoms with E-state index in [1.54, 1.807) is 55.0 Å². The van der Waals surface area contributed by atoms with Crippen molar-refractivity contribution in [3.8, 4) is 11.3 Å². The number of fused-ring (bicyclic) bond motifs is 1. The number of imidazole rings is 1. The highest BCUT2D eigenvalue weighted by atomic mass is 35.5. The van der Waals surface area contributed by atoms with Gasteiger partial charge in [0.15, 0.2) is 0 Å². The normalized spacial score (nSPS) is 23.1. The molecule has 1 aromatic carbocycles. The summed E-state index contributed by atoms with van der Waals surface area (Å²) in [4.78, 5) is 40.7. The van der Waals surface area contributed by atoms with E-state index >= 15 is 0 Å². The third-order valence-electron chi connectivity index (χ3n) is 8.54. The van der Waals surface area contributed by atoms with Crippen LogP contribution in [0.3, 0.4) is 0 Å². The van der Waals surface area contributed by atoms with E-state index in [0.717, 1.165) is 41.3 Å². The van der Waals surface area contributed by atoms with Gasteiger partial charge in [-0.25, -0.2) is 20.8 Å². The van der Waals surface area contributed by atoms with E-state index in [4.69, 9.17) is 27.2 Å². The summed E-state index contributed by atoms with van der Waals surface area (Å²) < 4.78 is 8.21. The van der Waals surface area contributed by atoms with E-state index in [-0.39, 0.29) is 16.7 Å². The van der Waals surface area contributed by atoms with Gasteiger partial charge in [-0.05, 0) is 56.9 Å². The molecule has 12 heteroatoms. The van der Waals surface area contributed by atoms with Crippen LogP contribution in [0.4, 0.5) is 5.82 Å². The Labute approximate surface area is 247 Å². The molecular formula is C30H32ClN7O4. The quantitative estimate of drug-likeness (QED) is 0.191. The Hall–Kier alpha value is -3.90. The zero-order chi connectivity index (χ0) is 29.4. The Balaban J connectivity index is 1.25. The number of nitrogens with two attached hydrogens (primary N) is 1. The van der Waals surface area contributed by atoms with Crippen molar-refractivity contribution in [3.05, 3.63) is 77.6 Å². The van der Waals surface area contributed by atoms with Crippen LogP contribution in [0.15, 0.2) is 61.2 Å². The third kappa shape index (κ3) is 5.24. The van der Waals surface area contributed by atoms with Crippen molar-refractivity contribution in [2.75, 3.05) is 24.7 Å². The number of aromatic nitrogens is 4. The maximum absolute atomic E-state index is 13.1. The SMILES string of the molecule is CC1(C(=O)O)CCC(N2CCO[C@@H](c3nc(-c4ccc(C(=O)N(N)c5ccccn5)c(Cl)c4)c4cnccn34)C2)CC1. The lowest BCUT2D eigenvalue weighted by Gasteiger charge is -2.42. The molecule has 6 rings (SSSR count). The molecule has 1 saturated carbocycles. The number of amides is 1. The molecule has 4 heterocycles. The summed E-state index contributed by atoms with van der Waals surface area (Å²) in [5.74, 6) is 5.90. The van der Waals surface area contributed by atoms with Crippen LogP contribution in [0.2, 0.25) is 5.02 Å². The van der Waals surface area contributed by atoms with E-state index in [1.165, 1.54) is 0 Å². The fourth-order valence-electron chi connectivity index (χ4n) is 5.94. The van der Waals surface area contributed by atoms with E-state index < -0.39 is 17.3 Å². The van der Waals surface area contributed by atoms with Gasteiger partial charge in [-0.2, -0.15) is 0 Å². The highest BCUT2D eigenvalue weighted by Crippen LogP contribution is 2.39. The summed E-state index contributed by atoms with van der Waals surface area (Å²) in [7, 11) is 0. The van der Waals surface area contributed by atoms with Crippen molar-refractivity contribution in [2.45, 2.75) is 44.8 Å². The molecule has 3 N–H and O–H groups in total. The number of halogens is 1. The fraction of sp³-hybridized carbons (Fsp3) is 0.367. The molecule has 1 amide bonds. The number of morpholine rings is 1. The molecule has 0 bridgehead atoms. The first-order chi connectivity index (χ1) is 20.2. The number of rotatable bonds is 6.